The Morgan fingerprint density at radius 3 is 0.771 bits per heavy atom. The van der Waals surface area contributed by atoms with Gasteiger partial charge in [0.15, 0.2) is 0 Å². The summed E-state index contributed by atoms with van der Waals surface area (Å²) in [5, 5.41) is 11.3. The summed E-state index contributed by atoms with van der Waals surface area (Å²) in [7, 11) is 0. The molecule has 0 rings (SSSR count). The molecular weight excluding hydrogens is 581 g/mol. The summed E-state index contributed by atoms with van der Waals surface area (Å²) in [6.45, 7) is 8.77. The van der Waals surface area contributed by atoms with Crippen molar-refractivity contribution in [3.63, 3.8) is 0 Å². The zero-order chi connectivity index (χ0) is 34.3. The second-order valence-corrected chi connectivity index (χ2v) is 15.5. The van der Waals surface area contributed by atoms with E-state index in [1.807, 2.05) is 0 Å². The number of carboxylic acids is 1. The maximum Gasteiger partial charge on any atom is 1.00 e. The fraction of sp³-hybridized carbons (Fsp3) is 0.977. The number of carbonyl (C=O) groups excluding carboxylic acids is 1. The molecular formula is C44H88LiNO2. The number of carbonyl (C=O) groups is 1. The van der Waals surface area contributed by atoms with Gasteiger partial charge in [-0.1, -0.05) is 232 Å². The third-order valence-electron chi connectivity index (χ3n) is 10.7. The standard InChI is InChI=1S/C44H89NO2.Li/c1-4-6-8-10-12-14-16-18-20-22-24-26-28-30-32-34-36-38-40-45(43(3)42-44(46)47)41-39-37-35-33-31-29-27-25-23-21-19-17-15-13-11-9-7-5-2;/h43H,4-42H2,1-3H3,(H,46,47);/q;+1/p-1. The molecule has 0 saturated carbocycles. The van der Waals surface area contributed by atoms with Gasteiger partial charge in [-0.05, 0) is 32.9 Å². The molecule has 0 saturated heterocycles. The smallest absolute Gasteiger partial charge is 0.550 e. The van der Waals surface area contributed by atoms with Gasteiger partial charge in [0.1, 0.15) is 0 Å². The molecule has 0 aromatic heterocycles. The van der Waals surface area contributed by atoms with E-state index in [4.69, 9.17) is 0 Å². The van der Waals surface area contributed by atoms with Crippen molar-refractivity contribution >= 4 is 5.97 Å². The summed E-state index contributed by atoms with van der Waals surface area (Å²) in [6, 6.07) is 0.0941. The molecule has 0 bridgehead atoms. The molecule has 1 atom stereocenters. The number of unbranched alkanes of at least 4 members (excludes halogenated alkanes) is 34. The molecule has 0 heterocycles. The van der Waals surface area contributed by atoms with Gasteiger partial charge >= 0.3 is 18.9 Å². The minimum Gasteiger partial charge on any atom is -0.550 e. The van der Waals surface area contributed by atoms with Gasteiger partial charge in [-0.15, -0.1) is 0 Å². The summed E-state index contributed by atoms with van der Waals surface area (Å²) in [5.41, 5.74) is 0. The van der Waals surface area contributed by atoms with Crippen LogP contribution < -0.4 is 24.0 Å². The van der Waals surface area contributed by atoms with E-state index in [0.717, 1.165) is 13.1 Å². The molecule has 0 aliphatic carbocycles. The molecule has 282 valence electrons. The maximum absolute atomic E-state index is 11.3. The first-order chi connectivity index (χ1) is 23.1. The van der Waals surface area contributed by atoms with Crippen molar-refractivity contribution in [3.05, 3.63) is 0 Å². The van der Waals surface area contributed by atoms with E-state index in [1.54, 1.807) is 0 Å². The van der Waals surface area contributed by atoms with E-state index in [1.165, 1.54) is 231 Å². The predicted molar refractivity (Wildman–Crippen MR) is 208 cm³/mol. The average Bonchev–Trinajstić information content (AvgIpc) is 3.05. The van der Waals surface area contributed by atoms with Crippen LogP contribution in [0.3, 0.4) is 0 Å². The monoisotopic (exact) mass is 670 g/mol. The third-order valence-corrected chi connectivity index (χ3v) is 10.7. The van der Waals surface area contributed by atoms with Gasteiger partial charge in [0, 0.05) is 18.4 Å². The molecule has 0 fully saturated rings. The Morgan fingerprint density at radius 1 is 0.396 bits per heavy atom. The largest absolute Gasteiger partial charge is 1.00 e. The molecule has 3 nitrogen and oxygen atoms in total. The summed E-state index contributed by atoms with van der Waals surface area (Å²) in [5.74, 6) is -0.905. The van der Waals surface area contributed by atoms with Crippen molar-refractivity contribution in [1.82, 2.24) is 4.90 Å². The normalized spacial score (nSPS) is 12.1. The summed E-state index contributed by atoms with van der Waals surface area (Å²) >= 11 is 0. The van der Waals surface area contributed by atoms with E-state index in [2.05, 4.69) is 25.7 Å². The fourth-order valence-corrected chi connectivity index (χ4v) is 7.36. The van der Waals surface area contributed by atoms with Crippen molar-refractivity contribution in [3.8, 4) is 0 Å². The van der Waals surface area contributed by atoms with Crippen LogP contribution in [0.15, 0.2) is 0 Å². The topological polar surface area (TPSA) is 43.4 Å². The van der Waals surface area contributed by atoms with Gasteiger partial charge in [0.05, 0.1) is 0 Å². The van der Waals surface area contributed by atoms with E-state index >= 15 is 0 Å². The van der Waals surface area contributed by atoms with E-state index in [-0.39, 0.29) is 31.3 Å². The van der Waals surface area contributed by atoms with Crippen LogP contribution in [0.25, 0.3) is 0 Å². The molecule has 0 spiro atoms. The van der Waals surface area contributed by atoms with E-state index in [9.17, 15) is 9.90 Å². The van der Waals surface area contributed by atoms with Crippen molar-refractivity contribution in [2.24, 2.45) is 0 Å². The zero-order valence-corrected chi connectivity index (χ0v) is 33.9. The zero-order valence-electron chi connectivity index (χ0n) is 33.9. The molecule has 0 N–H and O–H groups in total. The molecule has 0 aliphatic heterocycles. The number of rotatable bonds is 41. The number of aliphatic carboxylic acids is 1. The van der Waals surface area contributed by atoms with Gasteiger partial charge in [0.25, 0.3) is 0 Å². The van der Waals surface area contributed by atoms with Crippen LogP contribution >= 0.6 is 0 Å². The summed E-state index contributed by atoms with van der Waals surface area (Å²) in [4.78, 5) is 13.7. The molecule has 1 unspecified atom stereocenters. The Labute approximate surface area is 315 Å². The Balaban J connectivity index is 0. The number of hydrogen-bond donors (Lipinski definition) is 0. The van der Waals surface area contributed by atoms with Crippen LogP contribution in [-0.4, -0.2) is 30.0 Å². The van der Waals surface area contributed by atoms with E-state index in [0.29, 0.717) is 0 Å². The van der Waals surface area contributed by atoms with Crippen molar-refractivity contribution in [2.75, 3.05) is 13.1 Å². The minimum absolute atomic E-state index is 0. The summed E-state index contributed by atoms with van der Waals surface area (Å²) < 4.78 is 0. The Hall–Kier alpha value is 0.0274. The Morgan fingerprint density at radius 2 is 0.583 bits per heavy atom. The second kappa shape index (κ2) is 43.2. The molecule has 0 aliphatic rings. The van der Waals surface area contributed by atoms with Crippen LogP contribution in [0.1, 0.15) is 258 Å². The first-order valence-corrected chi connectivity index (χ1v) is 22.1. The molecule has 4 heteroatoms. The van der Waals surface area contributed by atoms with E-state index < -0.39 is 5.97 Å². The average molecular weight is 670 g/mol. The predicted octanol–water partition coefficient (Wildman–Crippen LogP) is 10.9. The maximum atomic E-state index is 11.3. The second-order valence-electron chi connectivity index (χ2n) is 15.5. The molecule has 0 amide bonds. The van der Waals surface area contributed by atoms with Crippen molar-refractivity contribution in [1.29, 1.82) is 0 Å². The van der Waals surface area contributed by atoms with Crippen molar-refractivity contribution < 1.29 is 28.8 Å². The number of nitrogens with zero attached hydrogens (tertiary/aromatic N) is 1. The quantitative estimate of drug-likeness (QED) is 0.0481. The number of carboxylic acid groups (broad SMARTS) is 1. The Kier molecular flexibility index (Phi) is 45.1. The van der Waals surface area contributed by atoms with Gasteiger partial charge in [-0.2, -0.15) is 0 Å². The van der Waals surface area contributed by atoms with Gasteiger partial charge < -0.3 is 14.8 Å². The Bertz CT molecular complexity index is 560. The van der Waals surface area contributed by atoms with Gasteiger partial charge in [-0.3, -0.25) is 0 Å². The SMILES string of the molecule is CCCCCCCCCCCCCCCCCCCCN(CCCCCCCCCCCCCCCCCCCC)C(C)CC(=O)[O-].[Li+]. The van der Waals surface area contributed by atoms with Crippen LogP contribution in [-0.2, 0) is 4.79 Å². The fourth-order valence-electron chi connectivity index (χ4n) is 7.36. The first kappa shape index (κ1) is 50.1. The van der Waals surface area contributed by atoms with Gasteiger partial charge in [0.2, 0.25) is 0 Å². The minimum atomic E-state index is -0.905. The van der Waals surface area contributed by atoms with Crippen LogP contribution in [0.2, 0.25) is 0 Å². The van der Waals surface area contributed by atoms with Crippen LogP contribution in [0.4, 0.5) is 0 Å². The third kappa shape index (κ3) is 40.5. The van der Waals surface area contributed by atoms with Crippen LogP contribution in [0.5, 0.6) is 0 Å². The molecule has 48 heavy (non-hydrogen) atoms. The molecule has 0 radical (unpaired) electrons. The molecule has 0 aromatic carbocycles. The molecule has 0 aromatic rings. The van der Waals surface area contributed by atoms with Crippen LogP contribution in [0, 0.1) is 0 Å². The summed E-state index contributed by atoms with van der Waals surface area (Å²) in [6.07, 6.45) is 50.6. The van der Waals surface area contributed by atoms with Gasteiger partial charge in [-0.25, -0.2) is 0 Å². The van der Waals surface area contributed by atoms with Crippen molar-refractivity contribution in [2.45, 2.75) is 264 Å². The number of hydrogen-bond acceptors (Lipinski definition) is 3. The first-order valence-electron chi connectivity index (χ1n) is 22.1.